The van der Waals surface area contributed by atoms with Crippen molar-refractivity contribution in [3.05, 3.63) is 70.2 Å². The van der Waals surface area contributed by atoms with Crippen LogP contribution in [0.5, 0.6) is 0 Å². The maximum Gasteiger partial charge on any atom is 0.416 e. The lowest BCUT2D eigenvalue weighted by Crippen LogP contribution is -2.37. The van der Waals surface area contributed by atoms with Gasteiger partial charge in [0, 0.05) is 30.0 Å². The minimum Gasteiger partial charge on any atom is -0.390 e. The predicted octanol–water partition coefficient (Wildman–Crippen LogP) is 5.93. The Morgan fingerprint density at radius 3 is 2.48 bits per heavy atom. The summed E-state index contributed by atoms with van der Waals surface area (Å²) in [4.78, 5) is 20.0. The number of oxime groups is 1. The van der Waals surface area contributed by atoms with Gasteiger partial charge in [-0.3, -0.25) is 4.79 Å². The quantitative estimate of drug-likeness (QED) is 0.522. The molecule has 1 aliphatic heterocycles. The van der Waals surface area contributed by atoms with Crippen molar-refractivity contribution in [1.82, 2.24) is 4.90 Å². The fourth-order valence-corrected chi connectivity index (χ4v) is 3.62. The topological polar surface area (TPSA) is 41.9 Å². The molecule has 0 unspecified atom stereocenters. The van der Waals surface area contributed by atoms with Gasteiger partial charge >= 0.3 is 6.18 Å². The number of nitrogens with zero attached hydrogens (tertiary/aromatic N) is 2. The first-order valence-corrected chi connectivity index (χ1v) is 10.4. The van der Waals surface area contributed by atoms with Gasteiger partial charge in [-0.1, -0.05) is 60.9 Å². The summed E-state index contributed by atoms with van der Waals surface area (Å²) >= 11 is 6.24. The molecule has 31 heavy (non-hydrogen) atoms. The van der Waals surface area contributed by atoms with Crippen LogP contribution in [0.1, 0.15) is 43.4 Å². The summed E-state index contributed by atoms with van der Waals surface area (Å²) in [5.74, 6) is 0.0757. The fraction of sp³-hybridized carbons (Fsp3) is 0.391. The lowest BCUT2D eigenvalue weighted by atomic mass is 10.0. The highest BCUT2D eigenvalue weighted by molar-refractivity contribution is 6.34. The zero-order valence-corrected chi connectivity index (χ0v) is 18.1. The molecule has 4 nitrogen and oxygen atoms in total. The molecule has 1 amide bonds. The number of amides is 1. The summed E-state index contributed by atoms with van der Waals surface area (Å²) in [5.41, 5.74) is 1.40. The molecule has 2 aromatic rings. The smallest absolute Gasteiger partial charge is 0.390 e. The monoisotopic (exact) mass is 452 g/mol. The third-order valence-corrected chi connectivity index (χ3v) is 5.26. The van der Waals surface area contributed by atoms with E-state index in [4.69, 9.17) is 16.4 Å². The molecule has 0 aromatic heterocycles. The minimum absolute atomic E-state index is 0.0790. The number of rotatable bonds is 7. The summed E-state index contributed by atoms with van der Waals surface area (Å²) in [7, 11) is 0. The van der Waals surface area contributed by atoms with Crippen LogP contribution in [0.2, 0.25) is 5.02 Å². The molecule has 166 valence electrons. The number of hydrogen-bond donors (Lipinski definition) is 0. The van der Waals surface area contributed by atoms with Crippen molar-refractivity contribution < 1.29 is 22.8 Å². The first-order valence-electron chi connectivity index (χ1n) is 10.0. The van der Waals surface area contributed by atoms with Gasteiger partial charge in [0.1, 0.15) is 0 Å². The van der Waals surface area contributed by atoms with Crippen molar-refractivity contribution in [3.8, 4) is 0 Å². The second-order valence-corrected chi connectivity index (χ2v) is 8.42. The predicted molar refractivity (Wildman–Crippen MR) is 114 cm³/mol. The van der Waals surface area contributed by atoms with Crippen molar-refractivity contribution >= 4 is 23.2 Å². The highest BCUT2D eigenvalue weighted by atomic mass is 35.5. The molecule has 0 radical (unpaired) electrons. The van der Waals surface area contributed by atoms with Crippen LogP contribution >= 0.6 is 11.6 Å². The van der Waals surface area contributed by atoms with Crippen molar-refractivity contribution in [1.29, 1.82) is 0 Å². The van der Waals surface area contributed by atoms with Crippen molar-refractivity contribution in [2.45, 2.75) is 45.5 Å². The molecule has 2 aromatic carbocycles. The molecule has 8 heteroatoms. The molecule has 1 aliphatic rings. The molecule has 0 N–H and O–H groups in total. The SMILES string of the molecule is CC(C)CC(=O)N(Cc1ccc(C(F)(F)F)cc1)C[C@@H]1CC(c2ccccc2Cl)=NO1. The van der Waals surface area contributed by atoms with Gasteiger partial charge in [0.05, 0.1) is 17.8 Å². The molecular weight excluding hydrogens is 429 g/mol. The van der Waals surface area contributed by atoms with Gasteiger partial charge in [-0.25, -0.2) is 0 Å². The molecule has 0 spiro atoms. The van der Waals surface area contributed by atoms with E-state index in [0.717, 1.165) is 17.7 Å². The normalized spacial score (nSPS) is 16.2. The number of carbonyl (C=O) groups is 1. The minimum atomic E-state index is -4.39. The lowest BCUT2D eigenvalue weighted by Gasteiger charge is -2.26. The van der Waals surface area contributed by atoms with Crippen LogP contribution in [0, 0.1) is 5.92 Å². The van der Waals surface area contributed by atoms with Gasteiger partial charge in [-0.2, -0.15) is 13.2 Å². The zero-order valence-electron chi connectivity index (χ0n) is 17.3. The number of benzene rings is 2. The summed E-state index contributed by atoms with van der Waals surface area (Å²) in [6.07, 6.45) is -3.92. The molecule has 0 bridgehead atoms. The van der Waals surface area contributed by atoms with Crippen molar-refractivity contribution in [3.63, 3.8) is 0 Å². The average Bonchev–Trinajstić information content (AvgIpc) is 3.15. The summed E-state index contributed by atoms with van der Waals surface area (Å²) < 4.78 is 38.5. The summed E-state index contributed by atoms with van der Waals surface area (Å²) in [6, 6.07) is 12.2. The van der Waals surface area contributed by atoms with E-state index in [1.807, 2.05) is 32.0 Å². The maximum atomic E-state index is 12.8. The van der Waals surface area contributed by atoms with Crippen LogP contribution in [0.3, 0.4) is 0 Å². The van der Waals surface area contributed by atoms with Gasteiger partial charge in [-0.15, -0.1) is 0 Å². The van der Waals surface area contributed by atoms with Gasteiger partial charge in [-0.05, 0) is 29.7 Å². The van der Waals surface area contributed by atoms with Crippen LogP contribution in [0.25, 0.3) is 0 Å². The number of carbonyl (C=O) groups excluding carboxylic acids is 1. The van der Waals surface area contributed by atoms with Crippen molar-refractivity contribution in [2.75, 3.05) is 6.54 Å². The van der Waals surface area contributed by atoms with Gasteiger partial charge in [0.2, 0.25) is 5.91 Å². The third-order valence-electron chi connectivity index (χ3n) is 4.93. The lowest BCUT2D eigenvalue weighted by molar-refractivity contribution is -0.138. The van der Waals surface area contributed by atoms with E-state index < -0.39 is 11.7 Å². The Labute approximate surface area is 184 Å². The largest absolute Gasteiger partial charge is 0.416 e. The molecule has 1 heterocycles. The molecule has 0 saturated heterocycles. The Bertz CT molecular complexity index is 943. The summed E-state index contributed by atoms with van der Waals surface area (Å²) in [5, 5.41) is 4.71. The molecule has 0 aliphatic carbocycles. The second kappa shape index (κ2) is 9.73. The van der Waals surface area contributed by atoms with E-state index in [0.29, 0.717) is 29.1 Å². The number of hydrogen-bond acceptors (Lipinski definition) is 3. The Morgan fingerprint density at radius 1 is 1.19 bits per heavy atom. The average molecular weight is 453 g/mol. The fourth-order valence-electron chi connectivity index (χ4n) is 3.38. The van der Waals surface area contributed by atoms with Gasteiger partial charge in [0.15, 0.2) is 6.10 Å². The van der Waals surface area contributed by atoms with Crippen LogP contribution < -0.4 is 0 Å². The number of halogens is 4. The molecule has 1 atom stereocenters. The van der Waals surface area contributed by atoms with Gasteiger partial charge in [0.25, 0.3) is 0 Å². The second-order valence-electron chi connectivity index (χ2n) is 8.02. The first-order chi connectivity index (χ1) is 14.6. The highest BCUT2D eigenvalue weighted by Crippen LogP contribution is 2.29. The molecule has 0 fully saturated rings. The van der Waals surface area contributed by atoms with E-state index in [1.54, 1.807) is 11.0 Å². The third kappa shape index (κ3) is 6.23. The standard InChI is InChI=1S/C23H24ClF3N2O2/c1-15(2)11-22(30)29(13-16-7-9-17(10-8-16)23(25,26)27)14-18-12-21(28-31-18)19-5-3-4-6-20(19)24/h3-10,15,18H,11-14H2,1-2H3/t18-/m0/s1. The Morgan fingerprint density at radius 2 is 1.87 bits per heavy atom. The van der Waals surface area contributed by atoms with Crippen LogP contribution in [-0.2, 0) is 22.4 Å². The van der Waals surface area contributed by atoms with Crippen LogP contribution in [0.4, 0.5) is 13.2 Å². The Hall–Kier alpha value is -2.54. The first kappa shape index (κ1) is 23.1. The van der Waals surface area contributed by atoms with E-state index >= 15 is 0 Å². The summed E-state index contributed by atoms with van der Waals surface area (Å²) in [6.45, 7) is 4.37. The van der Waals surface area contributed by atoms with E-state index in [-0.39, 0.29) is 31.0 Å². The Balaban J connectivity index is 1.70. The van der Waals surface area contributed by atoms with E-state index in [1.165, 1.54) is 12.1 Å². The highest BCUT2D eigenvalue weighted by Gasteiger charge is 2.31. The molecule has 3 rings (SSSR count). The van der Waals surface area contributed by atoms with E-state index in [2.05, 4.69) is 5.16 Å². The number of alkyl halides is 3. The van der Waals surface area contributed by atoms with Crippen molar-refractivity contribution in [2.24, 2.45) is 11.1 Å². The van der Waals surface area contributed by atoms with Crippen LogP contribution in [-0.4, -0.2) is 29.2 Å². The van der Waals surface area contributed by atoms with Crippen LogP contribution in [0.15, 0.2) is 53.7 Å². The van der Waals surface area contributed by atoms with Gasteiger partial charge < -0.3 is 9.74 Å². The maximum absolute atomic E-state index is 12.8. The molecule has 0 saturated carbocycles. The Kier molecular flexibility index (Phi) is 7.26. The zero-order chi connectivity index (χ0) is 22.6. The molecular formula is C23H24ClF3N2O2. The van der Waals surface area contributed by atoms with E-state index in [9.17, 15) is 18.0 Å².